The third-order valence-corrected chi connectivity index (χ3v) is 10.3. The summed E-state index contributed by atoms with van der Waals surface area (Å²) < 4.78 is 26.6. The Morgan fingerprint density at radius 2 is 1.89 bits per heavy atom. The normalized spacial score (nSPS) is 19.3. The van der Waals surface area contributed by atoms with Crippen LogP contribution in [0.2, 0.25) is 0 Å². The van der Waals surface area contributed by atoms with E-state index in [9.17, 15) is 8.42 Å². The summed E-state index contributed by atoms with van der Waals surface area (Å²) in [6.07, 6.45) is 7.18. The molecule has 3 aromatic heterocycles. The molecule has 1 atom stereocenters. The summed E-state index contributed by atoms with van der Waals surface area (Å²) in [4.78, 5) is 16.2. The largest absolute Gasteiger partial charge is 0.370 e. The first-order chi connectivity index (χ1) is 18.2. The maximum atomic E-state index is 12.4. The highest BCUT2D eigenvalue weighted by Crippen LogP contribution is 2.40. The van der Waals surface area contributed by atoms with Crippen LogP contribution in [0.5, 0.6) is 0 Å². The molecule has 0 aliphatic carbocycles. The van der Waals surface area contributed by atoms with Crippen LogP contribution in [0.25, 0.3) is 22.2 Å². The maximum absolute atomic E-state index is 12.4. The lowest BCUT2D eigenvalue weighted by Gasteiger charge is -2.44. The zero-order chi connectivity index (χ0) is 26.6. The first kappa shape index (κ1) is 24.8. The molecule has 10 heteroatoms. The van der Waals surface area contributed by atoms with Crippen molar-refractivity contribution in [3.63, 3.8) is 0 Å². The number of aryl methyl sites for hydroxylation is 2. The molecule has 1 N–H and O–H groups in total. The molecule has 2 aliphatic heterocycles. The van der Waals surface area contributed by atoms with Gasteiger partial charge < -0.3 is 10.2 Å². The molecule has 0 unspecified atom stereocenters. The number of sulfone groups is 1. The number of rotatable bonds is 6. The maximum Gasteiger partial charge on any atom is 0.164 e. The molecule has 6 rings (SSSR count). The molecule has 2 fully saturated rings. The molecule has 2 saturated heterocycles. The number of fused-ring (bicyclic) bond motifs is 1. The average Bonchev–Trinajstić information content (AvgIpc) is 3.37. The number of nitrogens with zero attached hydrogens (tertiary/aromatic N) is 6. The van der Waals surface area contributed by atoms with Gasteiger partial charge in [-0.1, -0.05) is 19.9 Å². The smallest absolute Gasteiger partial charge is 0.164 e. The Bertz CT molecular complexity index is 1620. The number of hydrogen-bond acceptors (Lipinski definition) is 8. The topological polar surface area (TPSA) is 106 Å². The number of aromatic nitrogens is 5. The minimum absolute atomic E-state index is 0.179. The van der Waals surface area contributed by atoms with Crippen LogP contribution < -0.4 is 10.2 Å². The van der Waals surface area contributed by atoms with Gasteiger partial charge in [0.2, 0.25) is 0 Å². The minimum Gasteiger partial charge on any atom is -0.370 e. The third kappa shape index (κ3) is 4.40. The number of benzene rings is 1. The van der Waals surface area contributed by atoms with Crippen molar-refractivity contribution in [2.24, 2.45) is 13.0 Å². The summed E-state index contributed by atoms with van der Waals surface area (Å²) >= 11 is 0. The highest BCUT2D eigenvalue weighted by molar-refractivity contribution is 7.92. The molecule has 198 valence electrons. The Labute approximate surface area is 223 Å². The summed E-state index contributed by atoms with van der Waals surface area (Å²) in [5.74, 6) is 2.89. The number of pyridine rings is 1. The highest BCUT2D eigenvalue weighted by Gasteiger charge is 2.43. The van der Waals surface area contributed by atoms with Crippen LogP contribution in [-0.4, -0.2) is 57.2 Å². The molecule has 38 heavy (non-hydrogen) atoms. The van der Waals surface area contributed by atoms with E-state index in [1.807, 2.05) is 32.4 Å². The van der Waals surface area contributed by atoms with Crippen molar-refractivity contribution in [1.29, 1.82) is 0 Å². The quantitative estimate of drug-likeness (QED) is 0.384. The molecule has 1 aromatic carbocycles. The van der Waals surface area contributed by atoms with Crippen molar-refractivity contribution in [3.8, 4) is 11.4 Å². The van der Waals surface area contributed by atoms with Crippen molar-refractivity contribution in [1.82, 2.24) is 24.7 Å². The van der Waals surface area contributed by atoms with Crippen LogP contribution in [0.15, 0.2) is 42.9 Å². The lowest BCUT2D eigenvalue weighted by molar-refractivity contribution is 0.382. The second-order valence-corrected chi connectivity index (χ2v) is 13.2. The summed E-state index contributed by atoms with van der Waals surface area (Å²) in [7, 11) is -1.05. The van der Waals surface area contributed by atoms with Gasteiger partial charge in [-0.2, -0.15) is 5.10 Å². The van der Waals surface area contributed by atoms with Gasteiger partial charge in [0.1, 0.15) is 11.6 Å². The molecular formula is C28H33N7O2S. The zero-order valence-corrected chi connectivity index (χ0v) is 23.0. The zero-order valence-electron chi connectivity index (χ0n) is 22.2. The summed E-state index contributed by atoms with van der Waals surface area (Å²) in [5.41, 5.74) is 4.14. The molecule has 2 aliphatic rings. The van der Waals surface area contributed by atoms with E-state index in [-0.39, 0.29) is 11.2 Å². The van der Waals surface area contributed by atoms with E-state index >= 15 is 0 Å². The van der Waals surface area contributed by atoms with Crippen LogP contribution >= 0.6 is 0 Å². The second kappa shape index (κ2) is 9.34. The van der Waals surface area contributed by atoms with E-state index in [0.717, 1.165) is 53.6 Å². The fourth-order valence-corrected chi connectivity index (χ4v) is 8.05. The Hall–Kier alpha value is -3.53. The van der Waals surface area contributed by atoms with Gasteiger partial charge in [0.15, 0.2) is 15.7 Å². The Balaban J connectivity index is 1.29. The molecule has 0 saturated carbocycles. The van der Waals surface area contributed by atoms with Crippen LogP contribution in [0.1, 0.15) is 43.9 Å². The number of anilines is 3. The molecule has 0 radical (unpaired) electrons. The van der Waals surface area contributed by atoms with Crippen molar-refractivity contribution in [2.75, 3.05) is 29.1 Å². The standard InChI is InChI=1S/C28H33N7O2S/c1-17(2)20-7-8-24(35-14-19(15-35)25-6-5-11-38(25,36)37)22-13-30-27(12-21(20)22)31-26-9-10-29-28(32-26)23-16-34(4)33-18(23)3/h7-10,12-13,16-17,19,25H,5-6,11,14-15H2,1-4H3,(H,29,30,31,32)/t25-/m1/s1. The van der Waals surface area contributed by atoms with Gasteiger partial charge in [-0.15, -0.1) is 0 Å². The predicted molar refractivity (Wildman–Crippen MR) is 151 cm³/mol. The van der Waals surface area contributed by atoms with Crippen molar-refractivity contribution in [2.45, 2.75) is 44.8 Å². The first-order valence-corrected chi connectivity index (χ1v) is 14.9. The molecule has 0 bridgehead atoms. The van der Waals surface area contributed by atoms with Gasteiger partial charge in [0.05, 0.1) is 22.3 Å². The van der Waals surface area contributed by atoms with Crippen LogP contribution in [0, 0.1) is 12.8 Å². The van der Waals surface area contributed by atoms with Crippen molar-refractivity contribution >= 4 is 37.9 Å². The van der Waals surface area contributed by atoms with E-state index in [2.05, 4.69) is 52.3 Å². The third-order valence-electron chi connectivity index (χ3n) is 7.85. The SMILES string of the molecule is Cc1nn(C)cc1-c1nccc(Nc2cc3c(C(C)C)ccc(N4CC([C@H]5CCCS5(=O)=O)C4)c3cn2)n1. The molecule has 5 heterocycles. The van der Waals surface area contributed by atoms with Gasteiger partial charge in [0.25, 0.3) is 0 Å². The molecule has 0 amide bonds. The molecule has 0 spiro atoms. The van der Waals surface area contributed by atoms with Crippen LogP contribution in [-0.2, 0) is 16.9 Å². The molecule has 4 aromatic rings. The van der Waals surface area contributed by atoms with E-state index < -0.39 is 9.84 Å². The number of nitrogens with one attached hydrogen (secondary N) is 1. The fraction of sp³-hybridized carbons (Fsp3) is 0.429. The van der Waals surface area contributed by atoms with E-state index in [1.165, 1.54) is 5.56 Å². The lowest BCUT2D eigenvalue weighted by Crippen LogP contribution is -2.53. The van der Waals surface area contributed by atoms with E-state index in [1.54, 1.807) is 10.9 Å². The molecular weight excluding hydrogens is 498 g/mol. The summed E-state index contributed by atoms with van der Waals surface area (Å²) in [6, 6.07) is 8.28. The summed E-state index contributed by atoms with van der Waals surface area (Å²) in [5, 5.41) is 9.81. The summed E-state index contributed by atoms with van der Waals surface area (Å²) in [6.45, 7) is 7.88. The number of hydrogen-bond donors (Lipinski definition) is 1. The van der Waals surface area contributed by atoms with Crippen molar-refractivity contribution < 1.29 is 8.42 Å². The Kier molecular flexibility index (Phi) is 6.09. The van der Waals surface area contributed by atoms with Gasteiger partial charge >= 0.3 is 0 Å². The van der Waals surface area contributed by atoms with Gasteiger partial charge in [-0.25, -0.2) is 23.4 Å². The lowest BCUT2D eigenvalue weighted by atomic mass is 9.90. The minimum atomic E-state index is -2.93. The van der Waals surface area contributed by atoms with Gasteiger partial charge in [0, 0.05) is 55.7 Å². The van der Waals surface area contributed by atoms with Crippen molar-refractivity contribution in [3.05, 3.63) is 54.1 Å². The monoisotopic (exact) mass is 531 g/mol. The van der Waals surface area contributed by atoms with Crippen LogP contribution in [0.3, 0.4) is 0 Å². The Morgan fingerprint density at radius 1 is 1.08 bits per heavy atom. The molecule has 9 nitrogen and oxygen atoms in total. The first-order valence-electron chi connectivity index (χ1n) is 13.2. The van der Waals surface area contributed by atoms with Gasteiger partial charge in [-0.05, 0) is 54.8 Å². The average molecular weight is 532 g/mol. The van der Waals surface area contributed by atoms with E-state index in [0.29, 0.717) is 29.1 Å². The van der Waals surface area contributed by atoms with E-state index in [4.69, 9.17) is 9.97 Å². The van der Waals surface area contributed by atoms with Gasteiger partial charge in [-0.3, -0.25) is 4.68 Å². The fourth-order valence-electron chi connectivity index (χ4n) is 5.89. The highest BCUT2D eigenvalue weighted by atomic mass is 32.2. The second-order valence-electron chi connectivity index (χ2n) is 10.8. The predicted octanol–water partition coefficient (Wildman–Crippen LogP) is 4.61. The Morgan fingerprint density at radius 3 is 2.58 bits per heavy atom. The van der Waals surface area contributed by atoms with Crippen LogP contribution in [0.4, 0.5) is 17.3 Å².